The number of amides is 2. The van der Waals surface area contributed by atoms with Gasteiger partial charge in [-0.2, -0.15) is 0 Å². The van der Waals surface area contributed by atoms with Crippen molar-refractivity contribution in [3.8, 4) is 0 Å². The average Bonchev–Trinajstić information content (AvgIpc) is 3.43. The van der Waals surface area contributed by atoms with E-state index in [2.05, 4.69) is 10.3 Å². The number of nitrogens with zero attached hydrogens (tertiary/aromatic N) is 2. The van der Waals surface area contributed by atoms with E-state index in [4.69, 9.17) is 4.74 Å². The molecule has 2 aliphatic rings. The molecule has 2 amide bonds. The molecule has 2 fully saturated rings. The van der Waals surface area contributed by atoms with E-state index in [0.717, 1.165) is 50.1 Å². The molecular weight excluding hydrogens is 362 g/mol. The first-order chi connectivity index (χ1) is 13.2. The molecule has 7 heteroatoms. The van der Waals surface area contributed by atoms with Gasteiger partial charge >= 0.3 is 12.0 Å². The summed E-state index contributed by atoms with van der Waals surface area (Å²) in [7, 11) is 0. The van der Waals surface area contributed by atoms with Crippen LogP contribution in [0, 0.1) is 0 Å². The van der Waals surface area contributed by atoms with Gasteiger partial charge in [0.1, 0.15) is 11.1 Å². The number of urea groups is 1. The number of likely N-dealkylation sites (tertiary alicyclic amines) is 1. The van der Waals surface area contributed by atoms with Crippen LogP contribution in [-0.4, -0.2) is 34.5 Å². The van der Waals surface area contributed by atoms with E-state index >= 15 is 0 Å². The summed E-state index contributed by atoms with van der Waals surface area (Å²) in [6.45, 7) is 0.724. The Bertz CT molecular complexity index is 785. The topological polar surface area (TPSA) is 71.5 Å². The molecule has 27 heavy (non-hydrogen) atoms. The van der Waals surface area contributed by atoms with Gasteiger partial charge in [-0.15, -0.1) is 11.3 Å². The fourth-order valence-electron chi connectivity index (χ4n) is 3.78. The second-order valence-electron chi connectivity index (χ2n) is 7.04. The van der Waals surface area contributed by atoms with Crippen LogP contribution in [0.25, 0.3) is 0 Å². The van der Waals surface area contributed by atoms with E-state index in [-0.39, 0.29) is 24.1 Å². The number of nitrogens with one attached hydrogen (secondary N) is 1. The second-order valence-corrected chi connectivity index (χ2v) is 7.97. The monoisotopic (exact) mass is 385 g/mol. The lowest BCUT2D eigenvalue weighted by Crippen LogP contribution is -2.34. The third kappa shape index (κ3) is 4.13. The van der Waals surface area contributed by atoms with E-state index in [1.165, 1.54) is 0 Å². The van der Waals surface area contributed by atoms with Gasteiger partial charge in [-0.3, -0.25) is 0 Å². The Morgan fingerprint density at radius 2 is 1.89 bits per heavy atom. The number of rotatable bonds is 4. The van der Waals surface area contributed by atoms with Crippen LogP contribution in [0.4, 0.5) is 10.5 Å². The molecule has 0 bridgehead atoms. The van der Waals surface area contributed by atoms with E-state index in [1.807, 2.05) is 10.3 Å². The van der Waals surface area contributed by atoms with Crippen molar-refractivity contribution in [2.75, 3.05) is 11.9 Å². The summed E-state index contributed by atoms with van der Waals surface area (Å²) in [5, 5.41) is 5.84. The van der Waals surface area contributed by atoms with Crippen molar-refractivity contribution in [3.63, 3.8) is 0 Å². The summed E-state index contributed by atoms with van der Waals surface area (Å²) in [5.41, 5.74) is 1.18. The standard InChI is InChI=1S/C20H23N3O3S/c24-19(26-16-4-1-2-5-16)14-7-9-15(10-8-14)22-20(25)23-12-3-6-17(23)18-21-11-13-27-18/h7-11,13,16-17H,1-6,12H2,(H,22,25). The average molecular weight is 385 g/mol. The number of thiazole rings is 1. The van der Waals surface area contributed by atoms with Gasteiger partial charge in [-0.25, -0.2) is 14.6 Å². The zero-order chi connectivity index (χ0) is 18.6. The lowest BCUT2D eigenvalue weighted by molar-refractivity contribution is 0.0318. The predicted molar refractivity (Wildman–Crippen MR) is 104 cm³/mol. The first-order valence-corrected chi connectivity index (χ1v) is 10.4. The van der Waals surface area contributed by atoms with Crippen molar-refractivity contribution in [2.45, 2.75) is 50.7 Å². The van der Waals surface area contributed by atoms with Crippen LogP contribution < -0.4 is 5.32 Å². The quantitative estimate of drug-likeness (QED) is 0.780. The lowest BCUT2D eigenvalue weighted by atomic mass is 10.2. The van der Waals surface area contributed by atoms with E-state index < -0.39 is 0 Å². The van der Waals surface area contributed by atoms with Gasteiger partial charge in [0.05, 0.1) is 11.6 Å². The first-order valence-electron chi connectivity index (χ1n) is 9.49. The molecule has 1 aliphatic heterocycles. The summed E-state index contributed by atoms with van der Waals surface area (Å²) < 4.78 is 5.51. The highest BCUT2D eigenvalue weighted by Crippen LogP contribution is 2.33. The van der Waals surface area contributed by atoms with Gasteiger partial charge in [0.25, 0.3) is 0 Å². The van der Waals surface area contributed by atoms with Crippen LogP contribution in [-0.2, 0) is 4.74 Å². The number of carbonyl (C=O) groups is 2. The summed E-state index contributed by atoms with van der Waals surface area (Å²) in [4.78, 5) is 31.1. The van der Waals surface area contributed by atoms with Gasteiger partial charge in [0, 0.05) is 23.8 Å². The predicted octanol–water partition coefficient (Wildman–Crippen LogP) is 4.61. The number of hydrogen-bond acceptors (Lipinski definition) is 5. The number of anilines is 1. The molecule has 4 rings (SSSR count). The van der Waals surface area contributed by atoms with Crippen molar-refractivity contribution in [1.82, 2.24) is 9.88 Å². The van der Waals surface area contributed by atoms with Gasteiger partial charge in [0.15, 0.2) is 0 Å². The summed E-state index contributed by atoms with van der Waals surface area (Å²) in [5.74, 6) is -0.289. The summed E-state index contributed by atoms with van der Waals surface area (Å²) in [6.07, 6.45) is 7.90. The Morgan fingerprint density at radius 1 is 1.11 bits per heavy atom. The number of carbonyl (C=O) groups excluding carboxylic acids is 2. The molecule has 6 nitrogen and oxygen atoms in total. The maximum Gasteiger partial charge on any atom is 0.338 e. The van der Waals surface area contributed by atoms with Crippen LogP contribution in [0.3, 0.4) is 0 Å². The Hall–Kier alpha value is -2.41. The minimum Gasteiger partial charge on any atom is -0.459 e. The summed E-state index contributed by atoms with van der Waals surface area (Å²) >= 11 is 1.58. The van der Waals surface area contributed by atoms with Crippen molar-refractivity contribution in [1.29, 1.82) is 0 Å². The second kappa shape index (κ2) is 8.08. The molecule has 1 aliphatic carbocycles. The molecule has 1 N–H and O–H groups in total. The largest absolute Gasteiger partial charge is 0.459 e. The third-order valence-electron chi connectivity index (χ3n) is 5.20. The molecule has 1 unspecified atom stereocenters. The van der Waals surface area contributed by atoms with Crippen molar-refractivity contribution in [2.24, 2.45) is 0 Å². The molecule has 0 radical (unpaired) electrons. The molecule has 1 atom stereocenters. The molecule has 2 heterocycles. The molecular formula is C20H23N3O3S. The zero-order valence-corrected chi connectivity index (χ0v) is 15.9. The van der Waals surface area contributed by atoms with E-state index in [1.54, 1.807) is 41.8 Å². The molecule has 1 saturated heterocycles. The highest BCUT2D eigenvalue weighted by molar-refractivity contribution is 7.09. The lowest BCUT2D eigenvalue weighted by Gasteiger charge is -2.23. The number of ether oxygens (including phenoxy) is 1. The van der Waals surface area contributed by atoms with Gasteiger partial charge in [-0.1, -0.05) is 0 Å². The molecule has 1 aromatic carbocycles. The van der Waals surface area contributed by atoms with Crippen molar-refractivity contribution >= 4 is 29.0 Å². The minimum absolute atomic E-state index is 0.0469. The molecule has 142 valence electrons. The summed E-state index contributed by atoms with van der Waals surface area (Å²) in [6, 6.07) is 6.82. The first kappa shape index (κ1) is 18.0. The van der Waals surface area contributed by atoms with Crippen LogP contribution in [0.2, 0.25) is 0 Å². The molecule has 0 spiro atoms. The normalized spacial score (nSPS) is 20.0. The third-order valence-corrected chi connectivity index (χ3v) is 6.07. The fraction of sp³-hybridized carbons (Fsp3) is 0.450. The highest BCUT2D eigenvalue weighted by atomic mass is 32.1. The van der Waals surface area contributed by atoms with Crippen LogP contribution in [0.5, 0.6) is 0 Å². The number of hydrogen-bond donors (Lipinski definition) is 1. The van der Waals surface area contributed by atoms with Crippen LogP contribution in [0.15, 0.2) is 35.8 Å². The minimum atomic E-state index is -0.289. The zero-order valence-electron chi connectivity index (χ0n) is 15.1. The van der Waals surface area contributed by atoms with Crippen molar-refractivity contribution in [3.05, 3.63) is 46.4 Å². The molecule has 2 aromatic rings. The Morgan fingerprint density at radius 3 is 2.59 bits per heavy atom. The van der Waals surface area contributed by atoms with Gasteiger partial charge < -0.3 is 15.0 Å². The van der Waals surface area contributed by atoms with Gasteiger partial charge in [0.2, 0.25) is 0 Å². The Balaban J connectivity index is 1.36. The maximum atomic E-state index is 12.7. The van der Waals surface area contributed by atoms with Crippen molar-refractivity contribution < 1.29 is 14.3 Å². The van der Waals surface area contributed by atoms with E-state index in [0.29, 0.717) is 11.3 Å². The molecule has 1 aromatic heterocycles. The number of aromatic nitrogens is 1. The van der Waals surface area contributed by atoms with Crippen LogP contribution in [0.1, 0.15) is 59.9 Å². The van der Waals surface area contributed by atoms with Gasteiger partial charge in [-0.05, 0) is 62.8 Å². The SMILES string of the molecule is O=C(OC1CCCC1)c1ccc(NC(=O)N2CCCC2c2nccs2)cc1. The Kier molecular flexibility index (Phi) is 5.38. The highest BCUT2D eigenvalue weighted by Gasteiger charge is 2.31. The Labute approximate surface area is 162 Å². The smallest absolute Gasteiger partial charge is 0.338 e. The number of benzene rings is 1. The number of esters is 1. The van der Waals surface area contributed by atoms with E-state index in [9.17, 15) is 9.59 Å². The maximum absolute atomic E-state index is 12.7. The molecule has 1 saturated carbocycles. The van der Waals surface area contributed by atoms with Crippen LogP contribution >= 0.6 is 11.3 Å². The fourth-order valence-corrected chi connectivity index (χ4v) is 4.56.